The summed E-state index contributed by atoms with van der Waals surface area (Å²) >= 11 is 0. The normalized spacial score (nSPS) is 33.6. The van der Waals surface area contributed by atoms with Gasteiger partial charge in [-0.05, 0) is 38.5 Å². The van der Waals surface area contributed by atoms with Gasteiger partial charge in [-0.3, -0.25) is 4.79 Å². The molecule has 1 aliphatic carbocycles. The van der Waals surface area contributed by atoms with Crippen molar-refractivity contribution < 1.29 is 14.7 Å². The molecule has 1 aliphatic heterocycles. The number of hydrogen-bond donors (Lipinski definition) is 1. The Balaban J connectivity index is 2.03. The second-order valence-corrected chi connectivity index (χ2v) is 7.11. The molecule has 2 fully saturated rings. The summed E-state index contributed by atoms with van der Waals surface area (Å²) in [6.07, 6.45) is 6.08. The molecule has 0 aromatic carbocycles. The number of urea groups is 1. The van der Waals surface area contributed by atoms with Crippen LogP contribution >= 0.6 is 0 Å². The highest BCUT2D eigenvalue weighted by molar-refractivity contribution is 5.78. The van der Waals surface area contributed by atoms with Crippen LogP contribution in [0.4, 0.5) is 4.79 Å². The standard InChI is InChI=1S/C16H28N2O3/c1-12-7-4-5-8-13(12)17(3)15(21)18-10-6-9-16(2,11-18)14(19)20/h12-13H,4-11H2,1-3H3,(H,19,20). The van der Waals surface area contributed by atoms with E-state index >= 15 is 0 Å². The van der Waals surface area contributed by atoms with Gasteiger partial charge >= 0.3 is 12.0 Å². The van der Waals surface area contributed by atoms with Crippen molar-refractivity contribution in [3.63, 3.8) is 0 Å². The fraction of sp³-hybridized carbons (Fsp3) is 0.875. The lowest BCUT2D eigenvalue weighted by Gasteiger charge is -2.43. The number of rotatable bonds is 2. The summed E-state index contributed by atoms with van der Waals surface area (Å²) < 4.78 is 0. The first kappa shape index (κ1) is 16.1. The molecule has 5 nitrogen and oxygen atoms in total. The summed E-state index contributed by atoms with van der Waals surface area (Å²) in [5.41, 5.74) is -0.799. The molecule has 3 atom stereocenters. The van der Waals surface area contributed by atoms with Gasteiger partial charge in [0, 0.05) is 26.2 Å². The third-order valence-corrected chi connectivity index (χ3v) is 5.35. The molecule has 0 spiro atoms. The number of carboxylic acids is 1. The molecule has 0 aromatic rings. The first-order valence-corrected chi connectivity index (χ1v) is 8.10. The minimum atomic E-state index is -0.799. The monoisotopic (exact) mass is 296 g/mol. The Morgan fingerprint density at radius 3 is 2.52 bits per heavy atom. The number of likely N-dealkylation sites (tertiary alicyclic amines) is 1. The summed E-state index contributed by atoms with van der Waals surface area (Å²) in [6.45, 7) is 4.96. The maximum atomic E-state index is 12.7. The minimum Gasteiger partial charge on any atom is -0.481 e. The van der Waals surface area contributed by atoms with E-state index in [1.807, 2.05) is 11.9 Å². The average Bonchev–Trinajstić information content (AvgIpc) is 2.46. The van der Waals surface area contributed by atoms with Crippen molar-refractivity contribution >= 4 is 12.0 Å². The molecule has 1 N–H and O–H groups in total. The molecular formula is C16H28N2O3. The number of piperidine rings is 1. The summed E-state index contributed by atoms with van der Waals surface area (Å²) in [6, 6.07) is 0.296. The Hall–Kier alpha value is -1.26. The van der Waals surface area contributed by atoms with Gasteiger partial charge in [0.05, 0.1) is 5.41 Å². The number of carboxylic acid groups (broad SMARTS) is 1. The van der Waals surface area contributed by atoms with Crippen LogP contribution < -0.4 is 0 Å². The van der Waals surface area contributed by atoms with Crippen LogP contribution in [0.2, 0.25) is 0 Å². The second kappa shape index (κ2) is 6.24. The van der Waals surface area contributed by atoms with Gasteiger partial charge in [-0.15, -0.1) is 0 Å². The van der Waals surface area contributed by atoms with E-state index < -0.39 is 11.4 Å². The number of hydrogen-bond acceptors (Lipinski definition) is 2. The number of carbonyl (C=O) groups excluding carboxylic acids is 1. The average molecular weight is 296 g/mol. The van der Waals surface area contributed by atoms with E-state index in [0.29, 0.717) is 31.5 Å². The lowest BCUT2D eigenvalue weighted by molar-refractivity contribution is -0.150. The molecule has 0 aromatic heterocycles. The van der Waals surface area contributed by atoms with Crippen LogP contribution in [-0.2, 0) is 4.79 Å². The third kappa shape index (κ3) is 3.33. The fourth-order valence-corrected chi connectivity index (χ4v) is 3.81. The van der Waals surface area contributed by atoms with Crippen LogP contribution in [0.25, 0.3) is 0 Å². The Bertz CT molecular complexity index is 412. The maximum Gasteiger partial charge on any atom is 0.320 e. The third-order valence-electron chi connectivity index (χ3n) is 5.35. The zero-order chi connectivity index (χ0) is 15.6. The van der Waals surface area contributed by atoms with Crippen molar-refractivity contribution in [3.05, 3.63) is 0 Å². The van der Waals surface area contributed by atoms with Gasteiger partial charge in [-0.25, -0.2) is 4.79 Å². The predicted molar refractivity (Wildman–Crippen MR) is 81.1 cm³/mol. The zero-order valence-corrected chi connectivity index (χ0v) is 13.5. The van der Waals surface area contributed by atoms with Crippen molar-refractivity contribution in [1.29, 1.82) is 0 Å². The molecule has 120 valence electrons. The number of nitrogens with zero attached hydrogens (tertiary/aromatic N) is 2. The van der Waals surface area contributed by atoms with Crippen molar-refractivity contribution in [2.24, 2.45) is 11.3 Å². The Morgan fingerprint density at radius 2 is 1.90 bits per heavy atom. The highest BCUT2D eigenvalue weighted by Crippen LogP contribution is 2.32. The first-order chi connectivity index (χ1) is 9.85. The molecule has 0 radical (unpaired) electrons. The van der Waals surface area contributed by atoms with Crippen molar-refractivity contribution in [1.82, 2.24) is 9.80 Å². The molecule has 1 saturated heterocycles. The second-order valence-electron chi connectivity index (χ2n) is 7.11. The quantitative estimate of drug-likeness (QED) is 0.852. The van der Waals surface area contributed by atoms with E-state index in [-0.39, 0.29) is 6.03 Å². The zero-order valence-electron chi connectivity index (χ0n) is 13.5. The number of amides is 2. The maximum absolute atomic E-state index is 12.7. The SMILES string of the molecule is CC1CCCCC1N(C)C(=O)N1CCCC(C)(C(=O)O)C1. The molecule has 0 bridgehead atoms. The van der Waals surface area contributed by atoms with Gasteiger partial charge in [-0.1, -0.05) is 19.8 Å². The van der Waals surface area contributed by atoms with Crippen LogP contribution in [0.5, 0.6) is 0 Å². The predicted octanol–water partition coefficient (Wildman–Crippen LogP) is 2.80. The lowest BCUT2D eigenvalue weighted by atomic mass is 9.82. The molecule has 5 heteroatoms. The molecule has 1 saturated carbocycles. The summed E-state index contributed by atoms with van der Waals surface area (Å²) in [7, 11) is 1.88. The van der Waals surface area contributed by atoms with Gasteiger partial charge in [0.15, 0.2) is 0 Å². The van der Waals surface area contributed by atoms with Crippen LogP contribution in [-0.4, -0.2) is 53.1 Å². The van der Waals surface area contributed by atoms with E-state index in [4.69, 9.17) is 0 Å². The van der Waals surface area contributed by atoms with Crippen LogP contribution in [0, 0.1) is 11.3 Å². The van der Waals surface area contributed by atoms with Gasteiger partial charge in [0.25, 0.3) is 0 Å². The first-order valence-electron chi connectivity index (χ1n) is 8.10. The Kier molecular flexibility index (Phi) is 4.79. The molecule has 1 heterocycles. The Labute approximate surface area is 127 Å². The van der Waals surface area contributed by atoms with E-state index in [1.165, 1.54) is 19.3 Å². The van der Waals surface area contributed by atoms with Crippen molar-refractivity contribution in [3.8, 4) is 0 Å². The highest BCUT2D eigenvalue weighted by atomic mass is 16.4. The summed E-state index contributed by atoms with van der Waals surface area (Å²) in [5.74, 6) is -0.267. The number of carbonyl (C=O) groups is 2. The van der Waals surface area contributed by atoms with Crippen molar-refractivity contribution in [2.75, 3.05) is 20.1 Å². The smallest absolute Gasteiger partial charge is 0.320 e. The van der Waals surface area contributed by atoms with E-state index in [0.717, 1.165) is 12.8 Å². The topological polar surface area (TPSA) is 60.9 Å². The number of aliphatic carboxylic acids is 1. The largest absolute Gasteiger partial charge is 0.481 e. The van der Waals surface area contributed by atoms with Gasteiger partial charge in [-0.2, -0.15) is 0 Å². The lowest BCUT2D eigenvalue weighted by Crippen LogP contribution is -2.54. The molecular weight excluding hydrogens is 268 g/mol. The van der Waals surface area contributed by atoms with Gasteiger partial charge < -0.3 is 14.9 Å². The minimum absolute atomic E-state index is 0.000856. The van der Waals surface area contributed by atoms with Crippen LogP contribution in [0.3, 0.4) is 0 Å². The summed E-state index contributed by atoms with van der Waals surface area (Å²) in [4.78, 5) is 27.7. The van der Waals surface area contributed by atoms with Crippen molar-refractivity contribution in [2.45, 2.75) is 58.4 Å². The summed E-state index contributed by atoms with van der Waals surface area (Å²) in [5, 5.41) is 9.37. The molecule has 2 rings (SSSR count). The molecule has 2 amide bonds. The van der Waals surface area contributed by atoms with Crippen LogP contribution in [0.15, 0.2) is 0 Å². The van der Waals surface area contributed by atoms with E-state index in [9.17, 15) is 14.7 Å². The van der Waals surface area contributed by atoms with Gasteiger partial charge in [0.2, 0.25) is 0 Å². The highest BCUT2D eigenvalue weighted by Gasteiger charge is 2.41. The molecule has 21 heavy (non-hydrogen) atoms. The van der Waals surface area contributed by atoms with Crippen LogP contribution in [0.1, 0.15) is 52.4 Å². The fourth-order valence-electron chi connectivity index (χ4n) is 3.81. The van der Waals surface area contributed by atoms with E-state index in [2.05, 4.69) is 6.92 Å². The molecule has 2 aliphatic rings. The van der Waals surface area contributed by atoms with E-state index in [1.54, 1.807) is 11.8 Å². The van der Waals surface area contributed by atoms with Gasteiger partial charge in [0.1, 0.15) is 0 Å². The Morgan fingerprint density at radius 1 is 1.24 bits per heavy atom. The molecule has 3 unspecified atom stereocenters.